The summed E-state index contributed by atoms with van der Waals surface area (Å²) in [5.41, 5.74) is 5.44. The molecule has 0 radical (unpaired) electrons. The van der Waals surface area contributed by atoms with E-state index in [1.54, 1.807) is 0 Å². The van der Waals surface area contributed by atoms with Gasteiger partial charge in [0.2, 0.25) is 0 Å². The Morgan fingerprint density at radius 3 is 2.46 bits per heavy atom. The molecule has 0 unspecified atom stereocenters. The summed E-state index contributed by atoms with van der Waals surface area (Å²) in [7, 11) is -3.45. The first kappa shape index (κ1) is 10.6. The van der Waals surface area contributed by atoms with Crippen molar-refractivity contribution in [3.05, 3.63) is 16.2 Å². The van der Waals surface area contributed by atoms with Crippen LogP contribution < -0.4 is 5.73 Å². The molecule has 13 heavy (non-hydrogen) atoms. The first-order chi connectivity index (χ1) is 5.84. The SMILES string of the molecule is CS(=O)(=O)c1ncc(Cl)c(N)c1Cl. The molecule has 0 aromatic carbocycles. The Balaban J connectivity index is 3.53. The molecule has 0 saturated heterocycles. The predicted molar refractivity (Wildman–Crippen MR) is 51.8 cm³/mol. The minimum atomic E-state index is -3.45. The number of anilines is 1. The molecule has 0 aliphatic heterocycles. The second kappa shape index (κ2) is 3.32. The molecule has 1 aromatic heterocycles. The van der Waals surface area contributed by atoms with Gasteiger partial charge in [0.1, 0.15) is 5.02 Å². The summed E-state index contributed by atoms with van der Waals surface area (Å²) >= 11 is 11.2. The molecule has 1 rings (SSSR count). The molecule has 0 bridgehead atoms. The number of aromatic nitrogens is 1. The smallest absolute Gasteiger partial charge is 0.194 e. The normalized spacial score (nSPS) is 11.6. The summed E-state index contributed by atoms with van der Waals surface area (Å²) < 4.78 is 22.1. The van der Waals surface area contributed by atoms with Crippen molar-refractivity contribution >= 4 is 38.7 Å². The number of hydrogen-bond donors (Lipinski definition) is 1. The number of nitrogens with zero attached hydrogens (tertiary/aromatic N) is 1. The average Bonchev–Trinajstić information content (AvgIpc) is 1.98. The Hall–Kier alpha value is -0.520. The van der Waals surface area contributed by atoms with Gasteiger partial charge in [0.05, 0.1) is 10.7 Å². The van der Waals surface area contributed by atoms with Gasteiger partial charge in [-0.2, -0.15) is 0 Å². The first-order valence-corrected chi connectivity index (χ1v) is 5.78. The number of rotatable bonds is 1. The van der Waals surface area contributed by atoms with Crippen LogP contribution in [0.2, 0.25) is 10.0 Å². The van der Waals surface area contributed by atoms with Gasteiger partial charge in [-0.05, 0) is 0 Å². The molecule has 0 saturated carbocycles. The van der Waals surface area contributed by atoms with E-state index in [1.807, 2.05) is 0 Å². The van der Waals surface area contributed by atoms with Crippen molar-refractivity contribution in [3.63, 3.8) is 0 Å². The molecule has 0 amide bonds. The molecule has 0 spiro atoms. The summed E-state index contributed by atoms with van der Waals surface area (Å²) in [6.07, 6.45) is 2.15. The van der Waals surface area contributed by atoms with Crippen LogP contribution in [-0.2, 0) is 9.84 Å². The van der Waals surface area contributed by atoms with E-state index in [2.05, 4.69) is 4.98 Å². The van der Waals surface area contributed by atoms with Crippen LogP contribution in [0.4, 0.5) is 5.69 Å². The van der Waals surface area contributed by atoms with Crippen molar-refractivity contribution in [2.45, 2.75) is 5.03 Å². The fourth-order valence-corrected chi connectivity index (χ4v) is 2.16. The van der Waals surface area contributed by atoms with Crippen molar-refractivity contribution in [3.8, 4) is 0 Å². The molecule has 1 aromatic rings. The number of sulfone groups is 1. The number of hydrogen-bond acceptors (Lipinski definition) is 4. The number of pyridine rings is 1. The summed E-state index contributed by atoms with van der Waals surface area (Å²) in [4.78, 5) is 3.58. The maximum Gasteiger partial charge on any atom is 0.194 e. The Morgan fingerprint density at radius 2 is 2.00 bits per heavy atom. The topological polar surface area (TPSA) is 73.0 Å². The molecule has 7 heteroatoms. The third kappa shape index (κ3) is 2.04. The molecule has 2 N–H and O–H groups in total. The van der Waals surface area contributed by atoms with Gasteiger partial charge in [-0.25, -0.2) is 13.4 Å². The van der Waals surface area contributed by atoms with E-state index in [0.717, 1.165) is 12.5 Å². The molecule has 0 aliphatic carbocycles. The highest BCUT2D eigenvalue weighted by atomic mass is 35.5. The molecular weight excluding hydrogens is 235 g/mol. The van der Waals surface area contributed by atoms with Gasteiger partial charge in [-0.3, -0.25) is 0 Å². The maximum atomic E-state index is 11.1. The molecule has 0 fully saturated rings. The van der Waals surface area contributed by atoms with Crippen LogP contribution in [0.1, 0.15) is 0 Å². The lowest BCUT2D eigenvalue weighted by atomic mass is 10.4. The zero-order valence-corrected chi connectivity index (χ0v) is 8.91. The van der Waals surface area contributed by atoms with Gasteiger partial charge in [-0.15, -0.1) is 0 Å². The van der Waals surface area contributed by atoms with Crippen LogP contribution in [0.15, 0.2) is 11.2 Å². The van der Waals surface area contributed by atoms with E-state index in [0.29, 0.717) is 0 Å². The van der Waals surface area contributed by atoms with Crippen LogP contribution in [0, 0.1) is 0 Å². The molecule has 0 atom stereocenters. The third-order valence-electron chi connectivity index (χ3n) is 1.33. The Bertz CT molecular complexity index is 444. The zero-order valence-electron chi connectivity index (χ0n) is 6.58. The number of nitrogens with two attached hydrogens (primary N) is 1. The van der Waals surface area contributed by atoms with E-state index in [1.165, 1.54) is 0 Å². The highest BCUT2D eigenvalue weighted by molar-refractivity contribution is 7.90. The highest BCUT2D eigenvalue weighted by Crippen LogP contribution is 2.30. The van der Waals surface area contributed by atoms with Crippen molar-refractivity contribution in [2.75, 3.05) is 12.0 Å². The zero-order chi connectivity index (χ0) is 10.2. The van der Waals surface area contributed by atoms with Gasteiger partial charge < -0.3 is 5.73 Å². The Kier molecular flexibility index (Phi) is 2.70. The number of halogens is 2. The summed E-state index contributed by atoms with van der Waals surface area (Å²) in [6.45, 7) is 0. The van der Waals surface area contributed by atoms with Crippen molar-refractivity contribution in [1.82, 2.24) is 4.98 Å². The van der Waals surface area contributed by atoms with E-state index in [9.17, 15) is 8.42 Å². The Labute approximate surface area is 85.6 Å². The Morgan fingerprint density at radius 1 is 1.46 bits per heavy atom. The van der Waals surface area contributed by atoms with Crippen LogP contribution >= 0.6 is 23.2 Å². The van der Waals surface area contributed by atoms with E-state index >= 15 is 0 Å². The van der Waals surface area contributed by atoms with Gasteiger partial charge in [0, 0.05) is 12.5 Å². The van der Waals surface area contributed by atoms with E-state index in [-0.39, 0.29) is 20.8 Å². The third-order valence-corrected chi connectivity index (χ3v) is 3.14. The van der Waals surface area contributed by atoms with Gasteiger partial charge in [-0.1, -0.05) is 23.2 Å². The van der Waals surface area contributed by atoms with E-state index in [4.69, 9.17) is 28.9 Å². The van der Waals surface area contributed by atoms with Crippen molar-refractivity contribution in [1.29, 1.82) is 0 Å². The minimum Gasteiger partial charge on any atom is -0.396 e. The van der Waals surface area contributed by atoms with Gasteiger partial charge in [0.25, 0.3) is 0 Å². The second-order valence-electron chi connectivity index (χ2n) is 2.41. The monoisotopic (exact) mass is 240 g/mol. The van der Waals surface area contributed by atoms with Crippen molar-refractivity contribution in [2.24, 2.45) is 0 Å². The summed E-state index contributed by atoms with van der Waals surface area (Å²) in [6, 6.07) is 0. The van der Waals surface area contributed by atoms with Gasteiger partial charge >= 0.3 is 0 Å². The van der Waals surface area contributed by atoms with Crippen LogP contribution in [-0.4, -0.2) is 19.7 Å². The lowest BCUT2D eigenvalue weighted by molar-refractivity contribution is 0.598. The molecule has 72 valence electrons. The fourth-order valence-electron chi connectivity index (χ4n) is 0.720. The van der Waals surface area contributed by atoms with Gasteiger partial charge in [0.15, 0.2) is 14.9 Å². The standard InChI is InChI=1S/C6H6Cl2N2O2S/c1-13(11,12)6-4(8)5(9)3(7)2-10-6/h2H,1H3,(H2,9,10). The molecular formula is C6H6Cl2N2O2S. The van der Waals surface area contributed by atoms with E-state index < -0.39 is 9.84 Å². The van der Waals surface area contributed by atoms with Crippen molar-refractivity contribution < 1.29 is 8.42 Å². The summed E-state index contributed by atoms with van der Waals surface area (Å²) in [5.74, 6) is 0. The minimum absolute atomic E-state index is 0.0266. The summed E-state index contributed by atoms with van der Waals surface area (Å²) in [5, 5.41) is -0.247. The molecule has 1 heterocycles. The average molecular weight is 241 g/mol. The molecule has 0 aliphatic rings. The van der Waals surface area contributed by atoms with Crippen LogP contribution in [0.5, 0.6) is 0 Å². The predicted octanol–water partition coefficient (Wildman–Crippen LogP) is 1.37. The molecule has 4 nitrogen and oxygen atoms in total. The lowest BCUT2D eigenvalue weighted by Gasteiger charge is -2.04. The lowest BCUT2D eigenvalue weighted by Crippen LogP contribution is -2.03. The second-order valence-corrected chi connectivity index (χ2v) is 5.13. The van der Waals surface area contributed by atoms with Crippen LogP contribution in [0.25, 0.3) is 0 Å². The quantitative estimate of drug-likeness (QED) is 0.805. The number of nitrogen functional groups attached to an aromatic ring is 1. The highest BCUT2D eigenvalue weighted by Gasteiger charge is 2.17. The largest absolute Gasteiger partial charge is 0.396 e. The maximum absolute atomic E-state index is 11.1. The first-order valence-electron chi connectivity index (χ1n) is 3.13. The fraction of sp³-hybridized carbons (Fsp3) is 0.167. The van der Waals surface area contributed by atoms with Crippen LogP contribution in [0.3, 0.4) is 0 Å².